The SMILES string of the molecule is [2H]C([2H])([2H])c1ccc(-c2[c-]cccc2)nc1.[2H]C([2H])(c1ccccc1)c1cc[c-]c(-c2[c-]cccc2)c1.[Ir+3]. The first kappa shape index (κ1) is 18.1. The molecule has 2 heteroatoms. The molecular weight excluding hydrogens is 579 g/mol. The molecule has 4 aromatic carbocycles. The van der Waals surface area contributed by atoms with E-state index in [2.05, 4.69) is 23.2 Å². The van der Waals surface area contributed by atoms with E-state index in [4.69, 9.17) is 6.85 Å². The Labute approximate surface area is 217 Å². The number of hydrogen-bond donors (Lipinski definition) is 0. The number of pyridine rings is 1. The van der Waals surface area contributed by atoms with Gasteiger partial charge in [0.25, 0.3) is 0 Å². The van der Waals surface area contributed by atoms with Crippen molar-refractivity contribution in [3.05, 3.63) is 150 Å². The van der Waals surface area contributed by atoms with Crippen LogP contribution in [0.2, 0.25) is 0 Å². The molecule has 0 unspecified atom stereocenters. The summed E-state index contributed by atoms with van der Waals surface area (Å²) in [6, 6.07) is 42.4. The van der Waals surface area contributed by atoms with Crippen LogP contribution < -0.4 is 0 Å². The number of nitrogens with zero attached hydrogens (tertiary/aromatic N) is 1. The van der Waals surface area contributed by atoms with Gasteiger partial charge in [0, 0.05) is 13.1 Å². The predicted molar refractivity (Wildman–Crippen MR) is 132 cm³/mol. The largest absolute Gasteiger partial charge is 3.00 e. The van der Waals surface area contributed by atoms with Gasteiger partial charge in [-0.3, -0.25) is 0 Å². The quantitative estimate of drug-likeness (QED) is 0.194. The van der Waals surface area contributed by atoms with E-state index in [1.54, 1.807) is 30.3 Å². The fourth-order valence-corrected chi connectivity index (χ4v) is 3.05. The van der Waals surface area contributed by atoms with E-state index in [1.165, 1.54) is 6.20 Å². The molecule has 0 atom stereocenters. The molecule has 0 bridgehead atoms. The van der Waals surface area contributed by atoms with Gasteiger partial charge in [0.05, 0.1) is 0 Å². The summed E-state index contributed by atoms with van der Waals surface area (Å²) in [5, 5.41) is 0. The van der Waals surface area contributed by atoms with Gasteiger partial charge >= 0.3 is 20.1 Å². The zero-order valence-electron chi connectivity index (χ0n) is 22.8. The topological polar surface area (TPSA) is 12.9 Å². The second-order valence-electron chi connectivity index (χ2n) is 6.97. The van der Waals surface area contributed by atoms with E-state index in [0.717, 1.165) is 22.4 Å². The normalized spacial score (nSPS) is 12.9. The molecule has 0 aliphatic heterocycles. The van der Waals surface area contributed by atoms with Crippen LogP contribution in [0, 0.1) is 25.1 Å². The van der Waals surface area contributed by atoms with Crippen LogP contribution in [0.25, 0.3) is 22.4 Å². The summed E-state index contributed by atoms with van der Waals surface area (Å²) in [7, 11) is 0. The van der Waals surface area contributed by atoms with E-state index in [-0.39, 0.29) is 25.7 Å². The molecule has 5 rings (SSSR count). The van der Waals surface area contributed by atoms with E-state index in [1.807, 2.05) is 78.9 Å². The number of aryl methyl sites for hydroxylation is 1. The second-order valence-corrected chi connectivity index (χ2v) is 6.97. The maximum absolute atomic E-state index is 8.41. The van der Waals surface area contributed by atoms with Crippen LogP contribution in [0.15, 0.2) is 115 Å². The van der Waals surface area contributed by atoms with Crippen LogP contribution in [-0.4, -0.2) is 4.98 Å². The first-order chi connectivity index (χ1) is 17.7. The standard InChI is InChI=1S/C19H14.C12H10N.Ir/c1-3-8-16(9-4-1)14-17-10-7-13-19(15-17)18-11-5-2-6-12-18;1-10-7-8-12(13-9-10)11-5-3-2-4-6-11;/h1-11,15H,14H2;2-5,7-9H,1H3;/q-2;-1;+3/i14D2;1D3;. The summed E-state index contributed by atoms with van der Waals surface area (Å²) in [5.41, 5.74) is 4.90. The Morgan fingerprint density at radius 1 is 0.697 bits per heavy atom. The molecule has 0 spiro atoms. The Bertz CT molecular complexity index is 1410. The third kappa shape index (κ3) is 7.36. The average Bonchev–Trinajstić information content (AvgIpc) is 2.94. The molecule has 0 fully saturated rings. The molecule has 0 N–H and O–H groups in total. The summed E-state index contributed by atoms with van der Waals surface area (Å²) in [5.74, 6) is 0. The van der Waals surface area contributed by atoms with Crippen LogP contribution in [0.5, 0.6) is 0 Å². The second kappa shape index (κ2) is 12.6. The molecule has 0 amide bonds. The molecule has 1 aromatic heterocycles. The minimum absolute atomic E-state index is 0. The van der Waals surface area contributed by atoms with Crippen molar-refractivity contribution in [3.8, 4) is 22.4 Å². The summed E-state index contributed by atoms with van der Waals surface area (Å²) in [6.45, 7) is -2.09. The van der Waals surface area contributed by atoms with Crippen molar-refractivity contribution in [3.63, 3.8) is 0 Å². The first-order valence-corrected chi connectivity index (χ1v) is 10.2. The van der Waals surface area contributed by atoms with Gasteiger partial charge in [-0.15, -0.1) is 53.6 Å². The molecule has 0 aliphatic rings. The van der Waals surface area contributed by atoms with Crippen molar-refractivity contribution in [2.75, 3.05) is 0 Å². The minimum atomic E-state index is -2.09. The Kier molecular flexibility index (Phi) is 6.95. The van der Waals surface area contributed by atoms with Crippen molar-refractivity contribution in [1.29, 1.82) is 0 Å². The van der Waals surface area contributed by atoms with Crippen molar-refractivity contribution in [2.24, 2.45) is 0 Å². The van der Waals surface area contributed by atoms with E-state index >= 15 is 0 Å². The number of hydrogen-bond acceptors (Lipinski definition) is 1. The van der Waals surface area contributed by atoms with Gasteiger partial charge in [-0.25, -0.2) is 11.1 Å². The maximum Gasteiger partial charge on any atom is 3.00 e. The van der Waals surface area contributed by atoms with Gasteiger partial charge in [-0.2, -0.15) is 42.5 Å². The van der Waals surface area contributed by atoms with Crippen LogP contribution in [0.4, 0.5) is 0 Å². The Hall–Kier alpha value is -3.32. The molecular formula is C31H24IrN. The van der Waals surface area contributed by atoms with Gasteiger partial charge in [0.1, 0.15) is 0 Å². The van der Waals surface area contributed by atoms with Crippen LogP contribution in [0.3, 0.4) is 0 Å². The van der Waals surface area contributed by atoms with E-state index < -0.39 is 13.2 Å². The minimum Gasteiger partial charge on any atom is -0.304 e. The summed E-state index contributed by atoms with van der Waals surface area (Å²) in [6.07, 6.45) is -0.136. The molecule has 1 heterocycles. The summed E-state index contributed by atoms with van der Waals surface area (Å²) < 4.78 is 38.5. The Morgan fingerprint density at radius 2 is 1.39 bits per heavy atom. The van der Waals surface area contributed by atoms with Crippen molar-refractivity contribution >= 4 is 0 Å². The smallest absolute Gasteiger partial charge is 0.304 e. The summed E-state index contributed by atoms with van der Waals surface area (Å²) >= 11 is 0. The van der Waals surface area contributed by atoms with Crippen LogP contribution >= 0.6 is 0 Å². The zero-order chi connectivity index (χ0) is 26.3. The van der Waals surface area contributed by atoms with Gasteiger partial charge in [0.15, 0.2) is 0 Å². The molecule has 0 saturated heterocycles. The van der Waals surface area contributed by atoms with E-state index in [0.29, 0.717) is 11.1 Å². The molecule has 162 valence electrons. The Morgan fingerprint density at radius 3 is 2.03 bits per heavy atom. The molecule has 0 radical (unpaired) electrons. The monoisotopic (exact) mass is 608 g/mol. The third-order valence-corrected chi connectivity index (χ3v) is 4.61. The fourth-order valence-electron chi connectivity index (χ4n) is 3.05. The molecule has 0 saturated carbocycles. The van der Waals surface area contributed by atoms with Crippen molar-refractivity contribution in [1.82, 2.24) is 4.98 Å². The average molecular weight is 608 g/mol. The predicted octanol–water partition coefficient (Wildman–Crippen LogP) is 7.40. The maximum atomic E-state index is 8.41. The summed E-state index contributed by atoms with van der Waals surface area (Å²) in [4.78, 5) is 4.12. The molecule has 5 aromatic rings. The first-order valence-electron chi connectivity index (χ1n) is 12.7. The van der Waals surface area contributed by atoms with Crippen molar-refractivity contribution < 1.29 is 27.0 Å². The number of aromatic nitrogens is 1. The van der Waals surface area contributed by atoms with Crippen molar-refractivity contribution in [2.45, 2.75) is 13.2 Å². The fraction of sp³-hybridized carbons (Fsp3) is 0.0645. The third-order valence-electron chi connectivity index (χ3n) is 4.61. The number of rotatable bonds is 4. The van der Waals surface area contributed by atoms with Gasteiger partial charge < -0.3 is 4.98 Å². The van der Waals surface area contributed by atoms with Crippen LogP contribution in [-0.2, 0) is 26.5 Å². The Balaban J connectivity index is 0.000000213. The van der Waals surface area contributed by atoms with E-state index in [9.17, 15) is 0 Å². The molecule has 33 heavy (non-hydrogen) atoms. The van der Waals surface area contributed by atoms with Gasteiger partial charge in [-0.1, -0.05) is 42.5 Å². The molecule has 1 nitrogen and oxygen atoms in total. The number of benzene rings is 4. The van der Waals surface area contributed by atoms with Gasteiger partial charge in [-0.05, 0) is 30.0 Å². The molecule has 0 aliphatic carbocycles. The van der Waals surface area contributed by atoms with Gasteiger partial charge in [0.2, 0.25) is 0 Å². The van der Waals surface area contributed by atoms with Crippen LogP contribution in [0.1, 0.15) is 23.5 Å². The zero-order valence-corrected chi connectivity index (χ0v) is 20.1.